The molecule has 1 N–H and O–H groups in total. The highest BCUT2D eigenvalue weighted by molar-refractivity contribution is 7.17. The van der Waals surface area contributed by atoms with Gasteiger partial charge in [-0.2, -0.15) is 17.7 Å². The summed E-state index contributed by atoms with van der Waals surface area (Å²) in [6, 6.07) is 4.84. The molecular formula is C19H22F3N5OS. The van der Waals surface area contributed by atoms with Gasteiger partial charge in [0.05, 0.1) is 16.5 Å². The lowest BCUT2D eigenvalue weighted by atomic mass is 10.0. The topological polar surface area (TPSA) is 56.9 Å². The zero-order valence-corrected chi connectivity index (χ0v) is 17.0. The second-order valence-electron chi connectivity index (χ2n) is 7.23. The number of hydrogen-bond donors (Lipinski definition) is 1. The first kappa shape index (κ1) is 20.1. The normalized spacial score (nSPS) is 17.8. The maximum atomic E-state index is 13.0. The Kier molecular flexibility index (Phi) is 5.26. The number of aryl methyl sites for hydroxylation is 1. The number of thiazole rings is 1. The number of likely N-dealkylation sites (N-methyl/N-ethyl adjacent to an activating group) is 1. The van der Waals surface area contributed by atoms with Gasteiger partial charge in [-0.1, -0.05) is 30.4 Å². The predicted molar refractivity (Wildman–Crippen MR) is 104 cm³/mol. The van der Waals surface area contributed by atoms with Crippen LogP contribution in [0.5, 0.6) is 5.88 Å². The summed E-state index contributed by atoms with van der Waals surface area (Å²) in [5.41, 5.74) is 0.0240. The molecule has 3 heterocycles. The lowest BCUT2D eigenvalue weighted by molar-refractivity contribution is -0.137. The van der Waals surface area contributed by atoms with Crippen molar-refractivity contribution >= 4 is 16.3 Å². The van der Waals surface area contributed by atoms with Crippen LogP contribution in [-0.2, 0) is 12.6 Å². The summed E-state index contributed by atoms with van der Waals surface area (Å²) in [5, 5.41) is 15.2. The zero-order chi connectivity index (χ0) is 20.8. The summed E-state index contributed by atoms with van der Waals surface area (Å²) in [6.07, 6.45) is -3.72. The molecule has 156 valence electrons. The minimum atomic E-state index is -4.38. The van der Waals surface area contributed by atoms with Gasteiger partial charge in [-0.3, -0.25) is 4.90 Å². The second-order valence-corrected chi connectivity index (χ2v) is 8.24. The molecule has 10 heteroatoms. The summed E-state index contributed by atoms with van der Waals surface area (Å²) < 4.78 is 40.4. The fourth-order valence-electron chi connectivity index (χ4n) is 3.58. The van der Waals surface area contributed by atoms with Crippen molar-refractivity contribution in [2.24, 2.45) is 0 Å². The second kappa shape index (κ2) is 7.58. The predicted octanol–water partition coefficient (Wildman–Crippen LogP) is 3.41. The van der Waals surface area contributed by atoms with Crippen molar-refractivity contribution in [3.63, 3.8) is 0 Å². The summed E-state index contributed by atoms with van der Waals surface area (Å²) in [7, 11) is 2.04. The summed E-state index contributed by atoms with van der Waals surface area (Å²) in [6.45, 7) is 5.12. The first-order valence-electron chi connectivity index (χ1n) is 9.45. The minimum absolute atomic E-state index is 0.000950. The van der Waals surface area contributed by atoms with Crippen molar-refractivity contribution in [2.45, 2.75) is 25.6 Å². The molecule has 1 aliphatic heterocycles. The Morgan fingerprint density at radius 2 is 1.79 bits per heavy atom. The SMILES string of the molecule is CCc1nc2sc(C(c3ccc(C(F)(F)F)cc3)N3CCN(C)CC3)c(O)n2n1. The van der Waals surface area contributed by atoms with Crippen molar-refractivity contribution in [2.75, 3.05) is 33.2 Å². The molecule has 1 aliphatic rings. The molecule has 0 saturated carbocycles. The van der Waals surface area contributed by atoms with Crippen LogP contribution in [0.3, 0.4) is 0 Å². The maximum Gasteiger partial charge on any atom is 0.416 e. The number of halogens is 3. The Morgan fingerprint density at radius 1 is 1.14 bits per heavy atom. The zero-order valence-electron chi connectivity index (χ0n) is 16.1. The molecular weight excluding hydrogens is 403 g/mol. The van der Waals surface area contributed by atoms with Crippen LogP contribution in [0.15, 0.2) is 24.3 Å². The third-order valence-electron chi connectivity index (χ3n) is 5.26. The average molecular weight is 425 g/mol. The van der Waals surface area contributed by atoms with E-state index >= 15 is 0 Å². The number of aromatic nitrogens is 3. The Balaban J connectivity index is 1.76. The molecule has 0 spiro atoms. The van der Waals surface area contributed by atoms with Crippen LogP contribution in [0.25, 0.3) is 4.96 Å². The number of nitrogens with zero attached hydrogens (tertiary/aromatic N) is 5. The highest BCUT2D eigenvalue weighted by Gasteiger charge is 2.33. The van der Waals surface area contributed by atoms with Gasteiger partial charge in [-0.15, -0.1) is 5.10 Å². The molecule has 3 aromatic rings. The Hall–Kier alpha value is -2.17. The van der Waals surface area contributed by atoms with E-state index in [1.54, 1.807) is 0 Å². The Morgan fingerprint density at radius 3 is 2.34 bits per heavy atom. The molecule has 0 bridgehead atoms. The summed E-state index contributed by atoms with van der Waals surface area (Å²) in [4.78, 5) is 10.0. The molecule has 6 nitrogen and oxygen atoms in total. The average Bonchev–Trinajstić information content (AvgIpc) is 3.23. The monoisotopic (exact) mass is 425 g/mol. The smallest absolute Gasteiger partial charge is 0.416 e. The Labute approximate surface area is 170 Å². The number of benzene rings is 1. The van der Waals surface area contributed by atoms with Gasteiger partial charge in [0.2, 0.25) is 10.8 Å². The number of piperazine rings is 1. The maximum absolute atomic E-state index is 13.0. The van der Waals surface area contributed by atoms with Crippen LogP contribution in [0.1, 0.15) is 34.8 Å². The number of alkyl halides is 3. The Bertz CT molecular complexity index is 990. The van der Waals surface area contributed by atoms with Gasteiger partial charge in [-0.05, 0) is 24.7 Å². The first-order valence-corrected chi connectivity index (χ1v) is 10.3. The molecule has 1 atom stereocenters. The molecule has 1 aromatic carbocycles. The van der Waals surface area contributed by atoms with Gasteiger partial charge in [0.1, 0.15) is 0 Å². The van der Waals surface area contributed by atoms with Gasteiger partial charge in [0, 0.05) is 32.6 Å². The third-order valence-corrected chi connectivity index (χ3v) is 6.34. The molecule has 0 aliphatic carbocycles. The first-order chi connectivity index (χ1) is 13.8. The van der Waals surface area contributed by atoms with E-state index in [4.69, 9.17) is 0 Å². The van der Waals surface area contributed by atoms with E-state index in [0.717, 1.165) is 38.3 Å². The fourth-order valence-corrected chi connectivity index (χ4v) is 4.72. The quantitative estimate of drug-likeness (QED) is 0.694. The van der Waals surface area contributed by atoms with Gasteiger partial charge >= 0.3 is 6.18 Å². The molecule has 0 amide bonds. The van der Waals surface area contributed by atoms with Gasteiger partial charge in [0.25, 0.3) is 0 Å². The highest BCUT2D eigenvalue weighted by Crippen LogP contribution is 2.41. The summed E-state index contributed by atoms with van der Waals surface area (Å²) >= 11 is 1.33. The van der Waals surface area contributed by atoms with Crippen molar-refractivity contribution in [1.29, 1.82) is 0 Å². The van der Waals surface area contributed by atoms with E-state index in [-0.39, 0.29) is 11.9 Å². The third kappa shape index (κ3) is 3.84. The van der Waals surface area contributed by atoms with Gasteiger partial charge in [0.15, 0.2) is 5.82 Å². The van der Waals surface area contributed by atoms with E-state index in [1.807, 2.05) is 14.0 Å². The molecule has 0 radical (unpaired) electrons. The number of aromatic hydroxyl groups is 1. The molecule has 2 aromatic heterocycles. The molecule has 29 heavy (non-hydrogen) atoms. The fraction of sp³-hybridized carbons (Fsp3) is 0.474. The van der Waals surface area contributed by atoms with Gasteiger partial charge in [-0.25, -0.2) is 4.98 Å². The van der Waals surface area contributed by atoms with E-state index in [2.05, 4.69) is 19.9 Å². The molecule has 4 rings (SSSR count). The van der Waals surface area contributed by atoms with E-state index in [9.17, 15) is 18.3 Å². The van der Waals surface area contributed by atoms with Crippen molar-refractivity contribution in [3.05, 3.63) is 46.1 Å². The largest absolute Gasteiger partial charge is 0.492 e. The number of fused-ring (bicyclic) bond motifs is 1. The van der Waals surface area contributed by atoms with Crippen LogP contribution in [0, 0.1) is 0 Å². The van der Waals surface area contributed by atoms with Gasteiger partial charge < -0.3 is 10.0 Å². The van der Waals surface area contributed by atoms with Crippen LogP contribution in [0.2, 0.25) is 0 Å². The standard InChI is InChI=1S/C19H22F3N5OS/c1-3-14-23-18-27(24-14)17(28)16(29-18)15(26-10-8-25(2)9-11-26)12-4-6-13(7-5-12)19(20,21)22/h4-7,15,28H,3,8-11H2,1-2H3. The van der Waals surface area contributed by atoms with E-state index in [1.165, 1.54) is 28.0 Å². The van der Waals surface area contributed by atoms with E-state index in [0.29, 0.717) is 27.6 Å². The summed E-state index contributed by atoms with van der Waals surface area (Å²) in [5.74, 6) is 0.643. The van der Waals surface area contributed by atoms with Crippen LogP contribution in [-0.4, -0.2) is 62.7 Å². The van der Waals surface area contributed by atoms with Crippen molar-refractivity contribution < 1.29 is 18.3 Å². The number of hydrogen-bond acceptors (Lipinski definition) is 6. The van der Waals surface area contributed by atoms with Crippen molar-refractivity contribution in [1.82, 2.24) is 24.4 Å². The number of rotatable bonds is 4. The lowest BCUT2D eigenvalue weighted by Gasteiger charge is -2.37. The van der Waals surface area contributed by atoms with Crippen LogP contribution in [0.4, 0.5) is 13.2 Å². The lowest BCUT2D eigenvalue weighted by Crippen LogP contribution is -2.46. The van der Waals surface area contributed by atoms with Crippen LogP contribution >= 0.6 is 11.3 Å². The highest BCUT2D eigenvalue weighted by atomic mass is 32.1. The molecule has 1 fully saturated rings. The van der Waals surface area contributed by atoms with Crippen molar-refractivity contribution in [3.8, 4) is 5.88 Å². The molecule has 1 unspecified atom stereocenters. The van der Waals surface area contributed by atoms with E-state index < -0.39 is 11.7 Å². The van der Waals surface area contributed by atoms with Crippen LogP contribution < -0.4 is 0 Å². The minimum Gasteiger partial charge on any atom is -0.492 e. The molecule has 1 saturated heterocycles.